The minimum atomic E-state index is -0.142. The van der Waals surface area contributed by atoms with E-state index >= 15 is 0 Å². The van der Waals surface area contributed by atoms with E-state index in [2.05, 4.69) is 17.2 Å². The predicted molar refractivity (Wildman–Crippen MR) is 58.4 cm³/mol. The molecule has 2 N–H and O–H groups in total. The molecule has 4 nitrogen and oxygen atoms in total. The summed E-state index contributed by atoms with van der Waals surface area (Å²) in [5.41, 5.74) is 0.814. The quantitative estimate of drug-likeness (QED) is 0.677. The van der Waals surface area contributed by atoms with E-state index in [4.69, 9.17) is 5.26 Å². The van der Waals surface area contributed by atoms with E-state index in [0.717, 1.165) is 0 Å². The van der Waals surface area contributed by atoms with Gasteiger partial charge in [-0.05, 0) is 18.2 Å². The lowest BCUT2D eigenvalue weighted by molar-refractivity contribution is -0.118. The van der Waals surface area contributed by atoms with Crippen molar-refractivity contribution in [2.24, 2.45) is 0 Å². The molecular formula is C12H10N2O2. The van der Waals surface area contributed by atoms with E-state index in [-0.39, 0.29) is 23.8 Å². The zero-order valence-corrected chi connectivity index (χ0v) is 8.74. The van der Waals surface area contributed by atoms with Crippen LogP contribution in [0.5, 0.6) is 5.75 Å². The van der Waals surface area contributed by atoms with Crippen LogP contribution in [0.1, 0.15) is 18.1 Å². The number of aromatic hydroxyl groups is 1. The fraction of sp³-hybridized carbons (Fsp3) is 0.167. The Bertz CT molecular complexity index is 504. The summed E-state index contributed by atoms with van der Waals surface area (Å²) in [6.45, 7) is 1.67. The first-order valence-corrected chi connectivity index (χ1v) is 4.60. The summed E-state index contributed by atoms with van der Waals surface area (Å²) in [6.07, 6.45) is 0. The van der Waals surface area contributed by atoms with E-state index in [0.29, 0.717) is 5.56 Å². The van der Waals surface area contributed by atoms with Gasteiger partial charge in [0.2, 0.25) is 5.91 Å². The second-order valence-corrected chi connectivity index (χ2v) is 3.06. The molecule has 0 atom stereocenters. The van der Waals surface area contributed by atoms with Gasteiger partial charge in [0.15, 0.2) is 0 Å². The molecule has 0 aliphatic carbocycles. The van der Waals surface area contributed by atoms with E-state index in [1.807, 2.05) is 6.07 Å². The molecule has 0 aliphatic heterocycles. The van der Waals surface area contributed by atoms with E-state index in [9.17, 15) is 9.90 Å². The Labute approximate surface area is 93.5 Å². The minimum Gasteiger partial charge on any atom is -0.507 e. The van der Waals surface area contributed by atoms with Crippen LogP contribution in [0.15, 0.2) is 18.2 Å². The third kappa shape index (κ3) is 3.36. The number of carbonyl (C=O) groups excluding carboxylic acids is 1. The lowest BCUT2D eigenvalue weighted by Gasteiger charge is -1.96. The number of hydrogen-bond donors (Lipinski definition) is 2. The van der Waals surface area contributed by atoms with Crippen LogP contribution >= 0.6 is 0 Å². The van der Waals surface area contributed by atoms with Crippen LogP contribution in [-0.4, -0.2) is 17.6 Å². The summed E-state index contributed by atoms with van der Waals surface area (Å²) < 4.78 is 0. The van der Waals surface area contributed by atoms with Crippen LogP contribution in [0.2, 0.25) is 0 Å². The first-order chi connectivity index (χ1) is 7.63. The molecule has 0 saturated carbocycles. The highest BCUT2D eigenvalue weighted by molar-refractivity contribution is 5.73. The zero-order chi connectivity index (χ0) is 12.0. The van der Waals surface area contributed by atoms with Gasteiger partial charge in [0, 0.05) is 12.5 Å². The predicted octanol–water partition coefficient (Wildman–Crippen LogP) is 0.751. The maximum atomic E-state index is 10.5. The number of phenolic OH excluding ortho intramolecular Hbond substituents is 1. The molecule has 4 heteroatoms. The monoisotopic (exact) mass is 214 g/mol. The molecule has 0 heterocycles. The third-order valence-electron chi connectivity index (χ3n) is 1.78. The van der Waals surface area contributed by atoms with Gasteiger partial charge in [0.25, 0.3) is 0 Å². The lowest BCUT2D eigenvalue weighted by Crippen LogP contribution is -2.19. The Balaban J connectivity index is 2.72. The second-order valence-electron chi connectivity index (χ2n) is 3.06. The van der Waals surface area contributed by atoms with Crippen LogP contribution in [0.25, 0.3) is 0 Å². The molecule has 0 fully saturated rings. The number of benzene rings is 1. The molecule has 80 valence electrons. The molecule has 0 aliphatic rings. The second kappa shape index (κ2) is 5.43. The molecule has 1 rings (SSSR count). The molecule has 16 heavy (non-hydrogen) atoms. The third-order valence-corrected chi connectivity index (χ3v) is 1.78. The van der Waals surface area contributed by atoms with Gasteiger partial charge in [-0.1, -0.05) is 11.8 Å². The Morgan fingerprint density at radius 1 is 1.56 bits per heavy atom. The summed E-state index contributed by atoms with van der Waals surface area (Å²) in [5.74, 6) is 5.25. The van der Waals surface area contributed by atoms with Gasteiger partial charge in [0.05, 0.1) is 12.1 Å². The number of phenols is 1. The fourth-order valence-electron chi connectivity index (χ4n) is 1.02. The molecule has 0 saturated heterocycles. The Morgan fingerprint density at radius 3 is 2.88 bits per heavy atom. The number of nitriles is 1. The molecule has 1 aromatic rings. The highest BCUT2D eigenvalue weighted by Gasteiger charge is 1.99. The van der Waals surface area contributed by atoms with Crippen molar-refractivity contribution >= 4 is 5.91 Å². The normalized spacial score (nSPS) is 8.50. The lowest BCUT2D eigenvalue weighted by atomic mass is 10.1. The van der Waals surface area contributed by atoms with Crippen molar-refractivity contribution in [1.29, 1.82) is 5.26 Å². The maximum Gasteiger partial charge on any atom is 0.217 e. The average Bonchev–Trinajstić information content (AvgIpc) is 2.24. The Hall–Kier alpha value is -2.46. The molecule has 0 spiro atoms. The largest absolute Gasteiger partial charge is 0.507 e. The Morgan fingerprint density at radius 2 is 2.31 bits per heavy atom. The summed E-state index contributed by atoms with van der Waals surface area (Å²) in [6, 6.07) is 6.40. The van der Waals surface area contributed by atoms with Crippen LogP contribution < -0.4 is 5.32 Å². The van der Waals surface area contributed by atoms with Crippen LogP contribution in [0, 0.1) is 23.2 Å². The average molecular weight is 214 g/mol. The van der Waals surface area contributed by atoms with Crippen molar-refractivity contribution in [3.05, 3.63) is 29.3 Å². The standard InChI is InChI=1S/C12H10N2O2/c1-9(15)14-6-2-3-10-4-5-11(8-13)12(16)7-10/h4-5,7,16H,6H2,1H3,(H,14,15). The van der Waals surface area contributed by atoms with Gasteiger partial charge in [-0.3, -0.25) is 4.79 Å². The van der Waals surface area contributed by atoms with Crippen molar-refractivity contribution in [3.63, 3.8) is 0 Å². The number of hydrogen-bond acceptors (Lipinski definition) is 3. The van der Waals surface area contributed by atoms with Gasteiger partial charge in [-0.25, -0.2) is 0 Å². The summed E-state index contributed by atoms with van der Waals surface area (Å²) >= 11 is 0. The number of carbonyl (C=O) groups is 1. The topological polar surface area (TPSA) is 73.1 Å². The first-order valence-electron chi connectivity index (χ1n) is 4.60. The van der Waals surface area contributed by atoms with Crippen molar-refractivity contribution < 1.29 is 9.90 Å². The highest BCUT2D eigenvalue weighted by Crippen LogP contribution is 2.16. The SMILES string of the molecule is CC(=O)NCC#Cc1ccc(C#N)c(O)c1. The van der Waals surface area contributed by atoms with Gasteiger partial charge in [-0.15, -0.1) is 0 Å². The fourth-order valence-corrected chi connectivity index (χ4v) is 1.02. The van der Waals surface area contributed by atoms with Gasteiger partial charge >= 0.3 is 0 Å². The first kappa shape index (κ1) is 11.6. The van der Waals surface area contributed by atoms with E-state index < -0.39 is 0 Å². The molecule has 0 radical (unpaired) electrons. The zero-order valence-electron chi connectivity index (χ0n) is 8.74. The van der Waals surface area contributed by atoms with E-state index in [1.54, 1.807) is 6.07 Å². The minimum absolute atomic E-state index is 0.0890. The van der Waals surface area contributed by atoms with Gasteiger partial charge in [-0.2, -0.15) is 5.26 Å². The number of amides is 1. The number of nitrogens with zero attached hydrogens (tertiary/aromatic N) is 1. The summed E-state index contributed by atoms with van der Waals surface area (Å²) in [7, 11) is 0. The van der Waals surface area contributed by atoms with Gasteiger partial charge in [0.1, 0.15) is 11.8 Å². The molecule has 0 aromatic heterocycles. The molecule has 1 amide bonds. The molecule has 0 bridgehead atoms. The molecule has 1 aromatic carbocycles. The van der Waals surface area contributed by atoms with Crippen LogP contribution in [-0.2, 0) is 4.79 Å². The van der Waals surface area contributed by atoms with Crippen molar-refractivity contribution in [2.45, 2.75) is 6.92 Å². The van der Waals surface area contributed by atoms with Gasteiger partial charge < -0.3 is 10.4 Å². The molecular weight excluding hydrogens is 204 g/mol. The summed E-state index contributed by atoms with van der Waals surface area (Å²) in [5, 5.41) is 20.5. The molecule has 0 unspecified atom stereocenters. The van der Waals surface area contributed by atoms with Crippen molar-refractivity contribution in [1.82, 2.24) is 5.32 Å². The Kier molecular flexibility index (Phi) is 3.94. The smallest absolute Gasteiger partial charge is 0.217 e. The van der Waals surface area contributed by atoms with Crippen molar-refractivity contribution in [3.8, 4) is 23.7 Å². The maximum absolute atomic E-state index is 10.5. The summed E-state index contributed by atoms with van der Waals surface area (Å²) in [4.78, 5) is 10.5. The van der Waals surface area contributed by atoms with Crippen LogP contribution in [0.3, 0.4) is 0 Å². The highest BCUT2D eigenvalue weighted by atomic mass is 16.3. The van der Waals surface area contributed by atoms with Crippen LogP contribution in [0.4, 0.5) is 0 Å². The number of nitrogens with one attached hydrogen (secondary N) is 1. The van der Waals surface area contributed by atoms with Crippen molar-refractivity contribution in [2.75, 3.05) is 6.54 Å². The van der Waals surface area contributed by atoms with E-state index in [1.165, 1.54) is 19.1 Å². The number of rotatable bonds is 1.